The number of halogens is 1. The second-order valence-corrected chi connectivity index (χ2v) is 6.68. The summed E-state index contributed by atoms with van der Waals surface area (Å²) in [6, 6.07) is 7.81. The lowest BCUT2D eigenvalue weighted by atomic mass is 10.1. The van der Waals surface area contributed by atoms with E-state index in [0.29, 0.717) is 11.7 Å². The van der Waals surface area contributed by atoms with Gasteiger partial charge in [-0.25, -0.2) is 0 Å². The van der Waals surface area contributed by atoms with Crippen LogP contribution >= 0.6 is 22.6 Å². The molecule has 1 aliphatic rings. The molecule has 0 saturated carbocycles. The highest BCUT2D eigenvalue weighted by atomic mass is 127. The molecule has 3 rings (SSSR count). The molecule has 0 radical (unpaired) electrons. The lowest BCUT2D eigenvalue weighted by Gasteiger charge is -2.27. The first-order chi connectivity index (χ1) is 10.2. The van der Waals surface area contributed by atoms with Crippen LogP contribution in [0.2, 0.25) is 0 Å². The number of benzene rings is 1. The number of aromatic nitrogens is 2. The van der Waals surface area contributed by atoms with Crippen LogP contribution in [0.4, 0.5) is 0 Å². The Morgan fingerprint density at radius 1 is 1.19 bits per heavy atom. The molecule has 2 heterocycles. The van der Waals surface area contributed by atoms with Gasteiger partial charge in [0.05, 0.1) is 6.04 Å². The molecule has 1 aromatic carbocycles. The maximum Gasteiger partial charge on any atom is 0.257 e. The number of hydrogen-bond donors (Lipinski definition) is 1. The van der Waals surface area contributed by atoms with Gasteiger partial charge in [0, 0.05) is 15.7 Å². The van der Waals surface area contributed by atoms with Gasteiger partial charge in [0.1, 0.15) is 0 Å². The van der Waals surface area contributed by atoms with E-state index in [-0.39, 0.29) is 6.04 Å². The molecule has 0 aliphatic carbocycles. The van der Waals surface area contributed by atoms with Gasteiger partial charge in [-0.2, -0.15) is 4.98 Å². The summed E-state index contributed by atoms with van der Waals surface area (Å²) in [5, 5.41) is 4.04. The highest BCUT2D eigenvalue weighted by Crippen LogP contribution is 2.20. The summed E-state index contributed by atoms with van der Waals surface area (Å²) in [6.45, 7) is 3.04. The highest BCUT2D eigenvalue weighted by Gasteiger charge is 2.19. The van der Waals surface area contributed by atoms with Crippen LogP contribution in [0.5, 0.6) is 0 Å². The third-order valence-electron chi connectivity index (χ3n) is 3.77. The topological polar surface area (TPSA) is 68.2 Å². The van der Waals surface area contributed by atoms with Crippen LogP contribution in [0.25, 0.3) is 11.5 Å². The fourth-order valence-corrected chi connectivity index (χ4v) is 2.96. The van der Waals surface area contributed by atoms with Crippen LogP contribution in [-0.4, -0.2) is 34.7 Å². The molecule has 6 heteroatoms. The van der Waals surface area contributed by atoms with Gasteiger partial charge in [0.2, 0.25) is 0 Å². The van der Waals surface area contributed by atoms with Gasteiger partial charge in [-0.05, 0) is 72.8 Å². The molecule has 0 bridgehead atoms. The molecular weight excluding hydrogens is 379 g/mol. The molecule has 112 valence electrons. The summed E-state index contributed by atoms with van der Waals surface area (Å²) < 4.78 is 6.52. The van der Waals surface area contributed by atoms with E-state index in [0.717, 1.165) is 25.2 Å². The fraction of sp³-hybridized carbons (Fsp3) is 0.467. The Morgan fingerprint density at radius 2 is 1.90 bits per heavy atom. The average molecular weight is 398 g/mol. The standard InChI is InChI=1S/C15H19IN4O/c16-12-6-4-11(5-7-12)15-18-14(19-21-15)13(17)10-20-8-2-1-3-9-20/h4-7,13H,1-3,8-10,17H2. The molecular formula is C15H19IN4O. The number of nitrogens with zero attached hydrogens (tertiary/aromatic N) is 3. The normalized spacial score (nSPS) is 17.8. The maximum atomic E-state index is 6.21. The molecule has 2 N–H and O–H groups in total. The quantitative estimate of drug-likeness (QED) is 0.803. The van der Waals surface area contributed by atoms with Gasteiger partial charge in [-0.1, -0.05) is 11.6 Å². The van der Waals surface area contributed by atoms with Crippen molar-refractivity contribution in [1.29, 1.82) is 0 Å². The minimum absolute atomic E-state index is 0.190. The molecule has 5 nitrogen and oxygen atoms in total. The molecule has 1 saturated heterocycles. The second kappa shape index (κ2) is 6.85. The van der Waals surface area contributed by atoms with E-state index in [4.69, 9.17) is 10.3 Å². The Balaban J connectivity index is 1.67. The Kier molecular flexibility index (Phi) is 4.87. The van der Waals surface area contributed by atoms with E-state index >= 15 is 0 Å². The number of nitrogens with two attached hydrogens (primary N) is 1. The predicted octanol–water partition coefficient (Wildman–Crippen LogP) is 2.83. The van der Waals surface area contributed by atoms with Crippen molar-refractivity contribution in [2.75, 3.05) is 19.6 Å². The zero-order valence-electron chi connectivity index (χ0n) is 11.8. The molecule has 2 aromatic rings. The Hall–Kier alpha value is -0.990. The summed E-state index contributed by atoms with van der Waals surface area (Å²) in [5.74, 6) is 1.13. The Labute approximate surface area is 138 Å². The van der Waals surface area contributed by atoms with Crippen molar-refractivity contribution in [3.63, 3.8) is 0 Å². The van der Waals surface area contributed by atoms with Crippen molar-refractivity contribution in [3.8, 4) is 11.5 Å². The lowest BCUT2D eigenvalue weighted by molar-refractivity contribution is 0.213. The summed E-state index contributed by atoms with van der Waals surface area (Å²) in [5.41, 5.74) is 7.14. The average Bonchev–Trinajstić information content (AvgIpc) is 2.99. The van der Waals surface area contributed by atoms with Crippen LogP contribution in [0.3, 0.4) is 0 Å². The molecule has 1 fully saturated rings. The predicted molar refractivity (Wildman–Crippen MR) is 89.7 cm³/mol. The van der Waals surface area contributed by atoms with Crippen LogP contribution in [0.1, 0.15) is 31.1 Å². The van der Waals surface area contributed by atoms with E-state index < -0.39 is 0 Å². The lowest BCUT2D eigenvalue weighted by Crippen LogP contribution is -2.36. The summed E-state index contributed by atoms with van der Waals surface area (Å²) in [7, 11) is 0. The Bertz CT molecular complexity index is 578. The van der Waals surface area contributed by atoms with Crippen molar-refractivity contribution >= 4 is 22.6 Å². The molecule has 0 amide bonds. The summed E-state index contributed by atoms with van der Waals surface area (Å²) in [4.78, 5) is 6.83. The monoisotopic (exact) mass is 398 g/mol. The van der Waals surface area contributed by atoms with Crippen molar-refractivity contribution < 1.29 is 4.52 Å². The highest BCUT2D eigenvalue weighted by molar-refractivity contribution is 14.1. The number of likely N-dealkylation sites (tertiary alicyclic amines) is 1. The van der Waals surface area contributed by atoms with Crippen molar-refractivity contribution in [3.05, 3.63) is 33.7 Å². The van der Waals surface area contributed by atoms with Gasteiger partial charge in [0.25, 0.3) is 5.89 Å². The molecule has 1 aliphatic heterocycles. The van der Waals surface area contributed by atoms with Crippen LogP contribution in [0.15, 0.2) is 28.8 Å². The minimum atomic E-state index is -0.190. The third kappa shape index (κ3) is 3.81. The minimum Gasteiger partial charge on any atom is -0.334 e. The van der Waals surface area contributed by atoms with Crippen LogP contribution < -0.4 is 5.73 Å². The van der Waals surface area contributed by atoms with Crippen molar-refractivity contribution in [2.24, 2.45) is 5.73 Å². The fourth-order valence-electron chi connectivity index (χ4n) is 2.60. The van der Waals surface area contributed by atoms with E-state index in [2.05, 4.69) is 37.6 Å². The van der Waals surface area contributed by atoms with Gasteiger partial charge in [0.15, 0.2) is 5.82 Å². The number of hydrogen-bond acceptors (Lipinski definition) is 5. The van der Waals surface area contributed by atoms with Crippen molar-refractivity contribution in [2.45, 2.75) is 25.3 Å². The summed E-state index contributed by atoms with van der Waals surface area (Å²) >= 11 is 2.27. The number of piperidine rings is 1. The second-order valence-electron chi connectivity index (χ2n) is 5.43. The SMILES string of the molecule is NC(CN1CCCCC1)c1noc(-c2ccc(I)cc2)n1. The maximum absolute atomic E-state index is 6.21. The van der Waals surface area contributed by atoms with E-state index in [1.54, 1.807) is 0 Å². The van der Waals surface area contributed by atoms with Crippen LogP contribution in [0, 0.1) is 3.57 Å². The first kappa shape index (κ1) is 14.9. The largest absolute Gasteiger partial charge is 0.334 e. The third-order valence-corrected chi connectivity index (χ3v) is 4.49. The van der Waals surface area contributed by atoms with Gasteiger partial charge < -0.3 is 15.2 Å². The smallest absolute Gasteiger partial charge is 0.257 e. The molecule has 1 unspecified atom stereocenters. The van der Waals surface area contributed by atoms with Gasteiger partial charge in [-0.15, -0.1) is 0 Å². The molecule has 1 atom stereocenters. The van der Waals surface area contributed by atoms with E-state index in [1.807, 2.05) is 24.3 Å². The Morgan fingerprint density at radius 3 is 2.62 bits per heavy atom. The van der Waals surface area contributed by atoms with Gasteiger partial charge in [-0.3, -0.25) is 0 Å². The first-order valence-electron chi connectivity index (χ1n) is 7.30. The van der Waals surface area contributed by atoms with Crippen LogP contribution in [-0.2, 0) is 0 Å². The van der Waals surface area contributed by atoms with E-state index in [1.165, 1.54) is 22.8 Å². The van der Waals surface area contributed by atoms with Crippen molar-refractivity contribution in [1.82, 2.24) is 15.0 Å². The molecule has 1 aromatic heterocycles. The summed E-state index contributed by atoms with van der Waals surface area (Å²) in [6.07, 6.45) is 3.84. The first-order valence-corrected chi connectivity index (χ1v) is 8.38. The zero-order valence-corrected chi connectivity index (χ0v) is 14.0. The molecule has 21 heavy (non-hydrogen) atoms. The van der Waals surface area contributed by atoms with Gasteiger partial charge >= 0.3 is 0 Å². The number of rotatable bonds is 4. The zero-order chi connectivity index (χ0) is 14.7. The molecule has 0 spiro atoms. The van der Waals surface area contributed by atoms with E-state index in [9.17, 15) is 0 Å².